The molecule has 0 aliphatic carbocycles. The Balaban J connectivity index is 2.88. The second-order valence-electron chi connectivity index (χ2n) is 4.10. The number of hydrogen-bond acceptors (Lipinski definition) is 4. The molecule has 96 valence electrons. The second kappa shape index (κ2) is 5.80. The molecule has 6 heteroatoms. The Labute approximate surface area is 107 Å². The van der Waals surface area contributed by atoms with E-state index in [4.69, 9.17) is 11.6 Å². The molecule has 0 aliphatic heterocycles. The number of hydrogen-bond donors (Lipinski definition) is 1. The fourth-order valence-electron chi connectivity index (χ4n) is 1.61. The third-order valence-electron chi connectivity index (χ3n) is 2.91. The van der Waals surface area contributed by atoms with Crippen molar-refractivity contribution in [2.45, 2.75) is 24.6 Å². The number of halogens is 1. The van der Waals surface area contributed by atoms with E-state index >= 15 is 0 Å². The molecule has 0 aliphatic rings. The average Bonchev–Trinajstić information content (AvgIpc) is 2.26. The van der Waals surface area contributed by atoms with E-state index in [1.807, 2.05) is 6.07 Å². The van der Waals surface area contributed by atoms with Crippen LogP contribution in [0.5, 0.6) is 0 Å². The fraction of sp³-hybridized carbons (Fsp3) is 0.545. The van der Waals surface area contributed by atoms with Crippen LogP contribution in [0.15, 0.2) is 18.5 Å². The standard InChI is InChI=1S/C11H17ClN2O2S/c1-8(17(3,15)16)11(13-2)6-9-4-5-14-7-10(9)12/h4-5,7-8,11,13H,6H2,1-3H3. The highest BCUT2D eigenvalue weighted by molar-refractivity contribution is 7.91. The van der Waals surface area contributed by atoms with Crippen LogP contribution >= 0.6 is 11.6 Å². The van der Waals surface area contributed by atoms with Gasteiger partial charge in [-0.05, 0) is 32.0 Å². The van der Waals surface area contributed by atoms with Crippen LogP contribution in [-0.4, -0.2) is 38.0 Å². The van der Waals surface area contributed by atoms with Gasteiger partial charge in [0.2, 0.25) is 0 Å². The highest BCUT2D eigenvalue weighted by atomic mass is 35.5. The molecule has 0 radical (unpaired) electrons. The molecule has 0 fully saturated rings. The third-order valence-corrected chi connectivity index (χ3v) is 4.93. The molecule has 17 heavy (non-hydrogen) atoms. The molecule has 1 heterocycles. The SMILES string of the molecule is CNC(Cc1ccncc1Cl)C(C)S(C)(=O)=O. The number of rotatable bonds is 5. The molecule has 1 N–H and O–H groups in total. The van der Waals surface area contributed by atoms with Crippen LogP contribution in [0.1, 0.15) is 12.5 Å². The van der Waals surface area contributed by atoms with Crippen molar-refractivity contribution in [2.24, 2.45) is 0 Å². The summed E-state index contributed by atoms with van der Waals surface area (Å²) in [5.41, 5.74) is 0.900. The van der Waals surface area contributed by atoms with Gasteiger partial charge in [-0.15, -0.1) is 0 Å². The smallest absolute Gasteiger partial charge is 0.151 e. The van der Waals surface area contributed by atoms with E-state index in [-0.39, 0.29) is 6.04 Å². The largest absolute Gasteiger partial charge is 0.315 e. The summed E-state index contributed by atoms with van der Waals surface area (Å²) in [7, 11) is -1.32. The summed E-state index contributed by atoms with van der Waals surface area (Å²) < 4.78 is 23.0. The lowest BCUT2D eigenvalue weighted by molar-refractivity contribution is 0.516. The summed E-state index contributed by atoms with van der Waals surface area (Å²) in [5, 5.41) is 3.13. The number of aromatic nitrogens is 1. The van der Waals surface area contributed by atoms with Crippen molar-refractivity contribution in [3.63, 3.8) is 0 Å². The maximum absolute atomic E-state index is 11.5. The molecule has 1 rings (SSSR count). The number of sulfone groups is 1. The molecule has 0 bridgehead atoms. The van der Waals surface area contributed by atoms with Gasteiger partial charge in [-0.25, -0.2) is 8.42 Å². The van der Waals surface area contributed by atoms with Gasteiger partial charge in [0.25, 0.3) is 0 Å². The molecular weight excluding hydrogens is 260 g/mol. The summed E-state index contributed by atoms with van der Waals surface area (Å²) >= 11 is 6.00. The lowest BCUT2D eigenvalue weighted by atomic mass is 10.1. The van der Waals surface area contributed by atoms with Gasteiger partial charge in [0.15, 0.2) is 9.84 Å². The Bertz CT molecular complexity index is 476. The van der Waals surface area contributed by atoms with Gasteiger partial charge in [0.1, 0.15) is 0 Å². The number of likely N-dealkylation sites (N-methyl/N-ethyl adjacent to an activating group) is 1. The molecule has 0 spiro atoms. The van der Waals surface area contributed by atoms with Crippen LogP contribution in [0.25, 0.3) is 0 Å². The van der Waals surface area contributed by atoms with Gasteiger partial charge < -0.3 is 5.32 Å². The van der Waals surface area contributed by atoms with Crippen molar-refractivity contribution < 1.29 is 8.42 Å². The Morgan fingerprint density at radius 1 is 1.53 bits per heavy atom. The summed E-state index contributed by atoms with van der Waals surface area (Å²) in [6.07, 6.45) is 5.02. The molecule has 1 aromatic rings. The van der Waals surface area contributed by atoms with E-state index in [1.165, 1.54) is 6.26 Å². The van der Waals surface area contributed by atoms with Crippen molar-refractivity contribution in [1.29, 1.82) is 0 Å². The maximum Gasteiger partial charge on any atom is 0.151 e. The van der Waals surface area contributed by atoms with Gasteiger partial charge in [-0.3, -0.25) is 4.98 Å². The summed E-state index contributed by atoms with van der Waals surface area (Å²) in [6, 6.07) is 1.65. The molecule has 4 nitrogen and oxygen atoms in total. The molecule has 0 saturated heterocycles. The topological polar surface area (TPSA) is 59.1 Å². The first-order valence-electron chi connectivity index (χ1n) is 5.30. The van der Waals surface area contributed by atoms with Crippen molar-refractivity contribution in [1.82, 2.24) is 10.3 Å². The molecule has 1 aromatic heterocycles. The van der Waals surface area contributed by atoms with Crippen molar-refractivity contribution >= 4 is 21.4 Å². The minimum atomic E-state index is -3.07. The van der Waals surface area contributed by atoms with Crippen LogP contribution in [0.3, 0.4) is 0 Å². The predicted molar refractivity (Wildman–Crippen MR) is 70.1 cm³/mol. The minimum Gasteiger partial charge on any atom is -0.315 e. The van der Waals surface area contributed by atoms with Gasteiger partial charge in [-0.1, -0.05) is 11.6 Å². The van der Waals surface area contributed by atoms with Crippen LogP contribution in [-0.2, 0) is 16.3 Å². The molecule has 0 aromatic carbocycles. The number of nitrogens with one attached hydrogen (secondary N) is 1. The first-order valence-corrected chi connectivity index (χ1v) is 7.64. The van der Waals surface area contributed by atoms with E-state index in [2.05, 4.69) is 10.3 Å². The van der Waals surface area contributed by atoms with Gasteiger partial charge in [-0.2, -0.15) is 0 Å². The van der Waals surface area contributed by atoms with E-state index in [0.717, 1.165) is 5.56 Å². The Kier molecular flexibility index (Phi) is 4.91. The molecular formula is C11H17ClN2O2S. The Morgan fingerprint density at radius 2 is 2.18 bits per heavy atom. The summed E-state index contributed by atoms with van der Waals surface area (Å²) in [6.45, 7) is 1.70. The first kappa shape index (κ1) is 14.4. The van der Waals surface area contributed by atoms with Crippen molar-refractivity contribution in [3.8, 4) is 0 Å². The maximum atomic E-state index is 11.5. The fourth-order valence-corrected chi connectivity index (χ4v) is 2.63. The van der Waals surface area contributed by atoms with E-state index in [1.54, 1.807) is 26.4 Å². The molecule has 0 amide bonds. The highest BCUT2D eigenvalue weighted by Gasteiger charge is 2.25. The van der Waals surface area contributed by atoms with Crippen LogP contribution in [0, 0.1) is 0 Å². The van der Waals surface area contributed by atoms with E-state index in [9.17, 15) is 8.42 Å². The summed E-state index contributed by atoms with van der Waals surface area (Å²) in [5.74, 6) is 0. The number of pyridine rings is 1. The molecule has 2 unspecified atom stereocenters. The predicted octanol–water partition coefficient (Wildman–Crippen LogP) is 1.30. The normalized spacial score (nSPS) is 15.5. The van der Waals surface area contributed by atoms with Crippen molar-refractivity contribution in [3.05, 3.63) is 29.0 Å². The zero-order valence-corrected chi connectivity index (χ0v) is 11.7. The lowest BCUT2D eigenvalue weighted by Crippen LogP contribution is -2.42. The zero-order chi connectivity index (χ0) is 13.1. The van der Waals surface area contributed by atoms with Crippen LogP contribution in [0.4, 0.5) is 0 Å². The van der Waals surface area contributed by atoms with Gasteiger partial charge in [0, 0.05) is 24.7 Å². The van der Waals surface area contributed by atoms with E-state index in [0.29, 0.717) is 11.4 Å². The van der Waals surface area contributed by atoms with Crippen LogP contribution < -0.4 is 5.32 Å². The molecule has 0 saturated carbocycles. The van der Waals surface area contributed by atoms with Gasteiger partial charge in [0.05, 0.1) is 10.3 Å². The Morgan fingerprint density at radius 3 is 2.65 bits per heavy atom. The number of nitrogens with zero attached hydrogens (tertiary/aromatic N) is 1. The molecule has 2 atom stereocenters. The Hall–Kier alpha value is -0.650. The zero-order valence-electron chi connectivity index (χ0n) is 10.1. The minimum absolute atomic E-state index is 0.162. The monoisotopic (exact) mass is 276 g/mol. The highest BCUT2D eigenvalue weighted by Crippen LogP contribution is 2.18. The lowest BCUT2D eigenvalue weighted by Gasteiger charge is -2.22. The second-order valence-corrected chi connectivity index (χ2v) is 6.91. The van der Waals surface area contributed by atoms with E-state index < -0.39 is 15.1 Å². The summed E-state index contributed by atoms with van der Waals surface area (Å²) in [4.78, 5) is 3.90. The van der Waals surface area contributed by atoms with Gasteiger partial charge >= 0.3 is 0 Å². The quantitative estimate of drug-likeness (QED) is 0.881. The first-order chi connectivity index (χ1) is 7.86. The van der Waals surface area contributed by atoms with Crippen LogP contribution in [0.2, 0.25) is 5.02 Å². The average molecular weight is 277 g/mol. The third kappa shape index (κ3) is 3.94. The van der Waals surface area contributed by atoms with Crippen molar-refractivity contribution in [2.75, 3.05) is 13.3 Å².